The van der Waals surface area contributed by atoms with Crippen molar-refractivity contribution < 1.29 is 38.8 Å². The number of Topliss-reactive ketones (excluding diaryl/α,β-unsaturated/α-hetero) is 1. The van der Waals surface area contributed by atoms with E-state index in [1.54, 1.807) is 29.2 Å². The lowest BCUT2D eigenvalue weighted by atomic mass is 9.89. The van der Waals surface area contributed by atoms with Crippen LogP contribution in [-0.4, -0.2) is 88.6 Å². The second-order valence-corrected chi connectivity index (χ2v) is 12.7. The van der Waals surface area contributed by atoms with Gasteiger partial charge in [-0.2, -0.15) is 9.36 Å². The number of amides is 1. The number of carboxylic acids is 2. The Morgan fingerprint density at radius 1 is 1.28 bits per heavy atom. The molecule has 9 N–H and O–H groups in total. The molecule has 17 nitrogen and oxygen atoms in total. The van der Waals surface area contributed by atoms with Gasteiger partial charge in [0.1, 0.15) is 24.1 Å². The van der Waals surface area contributed by atoms with Gasteiger partial charge < -0.3 is 37.6 Å². The molecule has 19 heteroatoms. The summed E-state index contributed by atoms with van der Waals surface area (Å²) in [5, 5.41) is 25.8. The topological polar surface area (TPSA) is 266 Å². The van der Waals surface area contributed by atoms with Crippen molar-refractivity contribution in [3.8, 4) is 0 Å². The Labute approximate surface area is 271 Å². The molecular formula is C27H35N10O7S2+. The van der Waals surface area contributed by atoms with Gasteiger partial charge >= 0.3 is 11.9 Å². The summed E-state index contributed by atoms with van der Waals surface area (Å²) in [6.07, 6.45) is 8.17. The molecule has 0 aromatic carbocycles. The quantitative estimate of drug-likeness (QED) is 0.0456. The highest BCUT2D eigenvalue weighted by Crippen LogP contribution is 2.45. The molecule has 0 radical (unpaired) electrons. The number of ketones is 1. The summed E-state index contributed by atoms with van der Waals surface area (Å²) in [6, 6.07) is 0. The number of unbranched alkanes of at least 4 members (excludes halogenated alkanes) is 1. The Bertz CT molecular complexity index is 1610. The number of oxime groups is 1. The van der Waals surface area contributed by atoms with E-state index in [2.05, 4.69) is 24.8 Å². The van der Waals surface area contributed by atoms with Crippen LogP contribution >= 0.6 is 23.3 Å². The predicted molar refractivity (Wildman–Crippen MR) is 169 cm³/mol. The van der Waals surface area contributed by atoms with Crippen molar-refractivity contribution in [3.63, 3.8) is 0 Å². The largest absolute Gasteiger partial charge is 0.478 e. The van der Waals surface area contributed by atoms with Gasteiger partial charge in [0, 0.05) is 30.3 Å². The van der Waals surface area contributed by atoms with Crippen molar-refractivity contribution in [2.45, 2.75) is 50.6 Å². The highest BCUT2D eigenvalue weighted by Gasteiger charge is 2.54. The Morgan fingerprint density at radius 3 is 2.70 bits per heavy atom. The molecule has 1 amide bonds. The summed E-state index contributed by atoms with van der Waals surface area (Å²) in [4.78, 5) is 64.8. The van der Waals surface area contributed by atoms with Crippen molar-refractivity contribution >= 4 is 69.3 Å². The number of nitrogens with one attached hydrogen (secondary N) is 1. The number of allylic oxidation sites excluding steroid dienone is 2. The molecule has 0 saturated carbocycles. The normalized spacial score (nSPS) is 18.4. The molecule has 0 aliphatic carbocycles. The molecule has 2 atom stereocenters. The molecule has 246 valence electrons. The van der Waals surface area contributed by atoms with Crippen LogP contribution in [0.4, 0.5) is 16.6 Å². The van der Waals surface area contributed by atoms with Crippen LogP contribution in [0.15, 0.2) is 41.1 Å². The Kier molecular flexibility index (Phi) is 10.9. The third-order valence-corrected chi connectivity index (χ3v) is 8.91. The third kappa shape index (κ3) is 7.77. The van der Waals surface area contributed by atoms with Crippen molar-refractivity contribution in [1.29, 1.82) is 0 Å². The van der Waals surface area contributed by atoms with E-state index in [4.69, 9.17) is 22.0 Å². The number of aliphatic carboxylic acids is 2. The standard InChI is InChI=1S/C27H34N10O7S2/c1-27(2,25(42)43)44-34-18(21-33-26(30)46-35-21)17(38)10-15-22(39)37-19(24(40)41)14(12-45-23(15)37)6-5-9-36-11-16(20(29)32-13-36)31-8-4-3-7-28/h5-6,11,13,15,23,29,31H,3-4,7-10,12,28H2,1-2H3,(H4,30,33,35,40,41,42,43)/p+1/b6-5+,34-18+/t15-,23?/m1/s1. The Balaban J connectivity index is 1.47. The van der Waals surface area contributed by atoms with E-state index in [1.807, 2.05) is 0 Å². The third-order valence-electron chi connectivity index (χ3n) is 7.01. The van der Waals surface area contributed by atoms with E-state index in [1.165, 1.54) is 30.5 Å². The van der Waals surface area contributed by atoms with E-state index in [0.717, 1.165) is 24.4 Å². The molecule has 2 aromatic rings. The molecule has 4 heterocycles. The van der Waals surface area contributed by atoms with Crippen molar-refractivity contribution in [3.05, 3.63) is 41.8 Å². The fraction of sp³-hybridized carbons (Fsp3) is 0.444. The van der Waals surface area contributed by atoms with Gasteiger partial charge in [0.2, 0.25) is 17.3 Å². The first-order valence-corrected chi connectivity index (χ1v) is 15.9. The summed E-state index contributed by atoms with van der Waals surface area (Å²) in [6.45, 7) is 4.14. The molecule has 0 bridgehead atoms. The molecule has 1 fully saturated rings. The Hall–Kier alpha value is -4.62. The summed E-state index contributed by atoms with van der Waals surface area (Å²) < 4.78 is 5.75. The van der Waals surface area contributed by atoms with Crippen LogP contribution in [0.25, 0.3) is 0 Å². The summed E-state index contributed by atoms with van der Waals surface area (Å²) in [5.41, 5.74) is 15.9. The van der Waals surface area contributed by atoms with Crippen LogP contribution in [0.1, 0.15) is 38.9 Å². The number of nitrogen functional groups attached to an aromatic ring is 2. The first-order valence-electron chi connectivity index (χ1n) is 14.1. The minimum absolute atomic E-state index is 0.0417. The van der Waals surface area contributed by atoms with E-state index in [0.29, 0.717) is 36.7 Å². The number of aromatic nitrogens is 4. The second-order valence-electron chi connectivity index (χ2n) is 10.8. The maximum atomic E-state index is 13.3. The number of thioether (sulfide) groups is 1. The number of hydrogen-bond donors (Lipinski definition) is 6. The maximum absolute atomic E-state index is 13.3. The van der Waals surface area contributed by atoms with Gasteiger partial charge in [-0.05, 0) is 49.9 Å². The first kappa shape index (κ1) is 34.3. The number of anilines is 3. The molecule has 4 rings (SSSR count). The van der Waals surface area contributed by atoms with E-state index in [9.17, 15) is 29.4 Å². The van der Waals surface area contributed by atoms with Crippen LogP contribution in [-0.2, 0) is 30.6 Å². The lowest BCUT2D eigenvalue weighted by Crippen LogP contribution is -2.62. The lowest BCUT2D eigenvalue weighted by Gasteiger charge is -2.49. The smallest absolute Gasteiger partial charge is 0.352 e. The number of hydrogen-bond acceptors (Lipinski definition) is 15. The van der Waals surface area contributed by atoms with E-state index in [-0.39, 0.29) is 28.8 Å². The zero-order chi connectivity index (χ0) is 33.6. The lowest BCUT2D eigenvalue weighted by molar-refractivity contribution is -0.689. The van der Waals surface area contributed by atoms with Crippen LogP contribution in [0.2, 0.25) is 0 Å². The average Bonchev–Trinajstić information content (AvgIpc) is 3.44. The zero-order valence-corrected chi connectivity index (χ0v) is 26.7. The fourth-order valence-corrected chi connectivity index (χ4v) is 6.29. The monoisotopic (exact) mass is 675 g/mol. The molecule has 2 aliphatic rings. The van der Waals surface area contributed by atoms with Gasteiger partial charge in [0.05, 0.1) is 11.3 Å². The van der Waals surface area contributed by atoms with Crippen LogP contribution in [0, 0.1) is 5.92 Å². The number of carbonyl (C=O) groups excluding carboxylic acids is 2. The molecule has 0 spiro atoms. The Morgan fingerprint density at radius 2 is 2.04 bits per heavy atom. The molecule has 46 heavy (non-hydrogen) atoms. The molecule has 2 aromatic heterocycles. The SMILES string of the molecule is CC(C)(O/N=C(\C(=O)C[C@@H]1C(=O)N2C(C(=O)O)=C(/C=C/C[n+]3cnc(N)c(NCCCCN)c3)CSC12)c1nsc(N)n1)C(=O)O. The first-order chi connectivity index (χ1) is 21.8. The zero-order valence-electron chi connectivity index (χ0n) is 25.1. The molecule has 2 aliphatic heterocycles. The van der Waals surface area contributed by atoms with Crippen molar-refractivity contribution in [2.75, 3.05) is 35.6 Å². The van der Waals surface area contributed by atoms with E-state index < -0.39 is 46.2 Å². The number of nitrogens with two attached hydrogens (primary N) is 3. The summed E-state index contributed by atoms with van der Waals surface area (Å²) in [5.74, 6) is -4.24. The number of fused-ring (bicyclic) bond motifs is 1. The number of nitrogens with zero attached hydrogens (tertiary/aromatic N) is 6. The van der Waals surface area contributed by atoms with Crippen molar-refractivity contribution in [2.24, 2.45) is 16.8 Å². The molecule has 1 unspecified atom stereocenters. The van der Waals surface area contributed by atoms with Gasteiger partial charge in [-0.1, -0.05) is 11.2 Å². The van der Waals surface area contributed by atoms with Gasteiger partial charge in [0.25, 0.3) is 12.1 Å². The van der Waals surface area contributed by atoms with Gasteiger partial charge in [-0.25, -0.2) is 14.2 Å². The summed E-state index contributed by atoms with van der Waals surface area (Å²) in [7, 11) is 0. The highest BCUT2D eigenvalue weighted by atomic mass is 32.2. The second kappa shape index (κ2) is 14.6. The number of β-lactam (4-membered cyclic amide) rings is 1. The van der Waals surface area contributed by atoms with Gasteiger partial charge in [0.15, 0.2) is 16.6 Å². The minimum Gasteiger partial charge on any atom is -0.478 e. The average molecular weight is 676 g/mol. The molecular weight excluding hydrogens is 640 g/mol. The fourth-order valence-electron chi connectivity index (χ4n) is 4.47. The predicted octanol–water partition coefficient (Wildman–Crippen LogP) is 0.205. The van der Waals surface area contributed by atoms with Gasteiger partial charge in [-0.3, -0.25) is 14.5 Å². The minimum atomic E-state index is -1.77. The summed E-state index contributed by atoms with van der Waals surface area (Å²) >= 11 is 2.12. The van der Waals surface area contributed by atoms with Crippen molar-refractivity contribution in [1.82, 2.24) is 19.2 Å². The number of carbonyl (C=O) groups is 4. The highest BCUT2D eigenvalue weighted by molar-refractivity contribution is 8.00. The number of rotatable bonds is 16. The van der Waals surface area contributed by atoms with Gasteiger partial charge in [-0.15, -0.1) is 11.8 Å². The van der Waals surface area contributed by atoms with Crippen LogP contribution in [0.3, 0.4) is 0 Å². The maximum Gasteiger partial charge on any atom is 0.352 e. The molecule has 1 saturated heterocycles. The number of carboxylic acid groups (broad SMARTS) is 2. The van der Waals surface area contributed by atoms with E-state index >= 15 is 0 Å². The van der Waals surface area contributed by atoms with Crippen LogP contribution < -0.4 is 27.1 Å². The van der Waals surface area contributed by atoms with Crippen LogP contribution in [0.5, 0.6) is 0 Å².